The average molecular weight is 384 g/mol. The van der Waals surface area contributed by atoms with Gasteiger partial charge >= 0.3 is 6.09 Å². The number of carboxylic acid groups (broad SMARTS) is 1. The Morgan fingerprint density at radius 3 is 2.14 bits per heavy atom. The zero-order chi connectivity index (χ0) is 19.9. The van der Waals surface area contributed by atoms with Crippen molar-refractivity contribution in [1.29, 1.82) is 0 Å². The molecule has 1 unspecified atom stereocenters. The van der Waals surface area contributed by atoms with Gasteiger partial charge in [-0.25, -0.2) is 4.79 Å². The van der Waals surface area contributed by atoms with Crippen molar-refractivity contribution in [3.63, 3.8) is 0 Å². The van der Waals surface area contributed by atoms with Gasteiger partial charge in [0.15, 0.2) is 0 Å². The first-order valence-corrected chi connectivity index (χ1v) is 10.5. The number of carboxylic acids is 1. The molecule has 0 aliphatic heterocycles. The first-order chi connectivity index (χ1) is 13.3. The van der Waals surface area contributed by atoms with E-state index in [9.17, 15) is 14.7 Å². The van der Waals surface area contributed by atoms with Crippen LogP contribution in [0.2, 0.25) is 0 Å². The van der Waals surface area contributed by atoms with E-state index < -0.39 is 23.7 Å². The third-order valence-corrected chi connectivity index (χ3v) is 7.52. The topological polar surface area (TPSA) is 78.5 Å². The molecule has 1 aromatic carbocycles. The first-order valence-electron chi connectivity index (χ1n) is 10.5. The second kappa shape index (κ2) is 7.09. The van der Waals surface area contributed by atoms with Crippen molar-refractivity contribution in [2.45, 2.75) is 70.4 Å². The lowest BCUT2D eigenvalue weighted by Crippen LogP contribution is -2.59. The molecule has 5 rings (SSSR count). The number of carbonyl (C=O) groups excluding carboxylic acids is 2. The molecule has 0 radical (unpaired) electrons. The summed E-state index contributed by atoms with van der Waals surface area (Å²) >= 11 is 0. The van der Waals surface area contributed by atoms with Crippen LogP contribution in [0.25, 0.3) is 0 Å². The molecule has 0 heterocycles. The third-order valence-electron chi connectivity index (χ3n) is 7.52. The molecule has 5 nitrogen and oxygen atoms in total. The lowest BCUT2D eigenvalue weighted by Gasteiger charge is -2.61. The molecule has 1 N–H and O–H groups in total. The van der Waals surface area contributed by atoms with Crippen molar-refractivity contribution >= 4 is 12.1 Å². The van der Waals surface area contributed by atoms with Crippen LogP contribution in [0.3, 0.4) is 0 Å². The van der Waals surface area contributed by atoms with Crippen LogP contribution in [0, 0.1) is 23.2 Å². The van der Waals surface area contributed by atoms with Gasteiger partial charge in [-0.05, 0) is 82.1 Å². The maximum Gasteiger partial charge on any atom is 0.408 e. The summed E-state index contributed by atoms with van der Waals surface area (Å²) in [6.07, 6.45) is 6.84. The predicted octanol–water partition coefficient (Wildman–Crippen LogP) is 3.07. The van der Waals surface area contributed by atoms with Crippen molar-refractivity contribution in [2.24, 2.45) is 23.2 Å². The van der Waals surface area contributed by atoms with Crippen molar-refractivity contribution in [3.8, 4) is 0 Å². The highest BCUT2D eigenvalue weighted by Crippen LogP contribution is 2.64. The number of alkyl carbamates (subject to hydrolysis) is 1. The van der Waals surface area contributed by atoms with Gasteiger partial charge in [-0.3, -0.25) is 0 Å². The Labute approximate surface area is 166 Å². The summed E-state index contributed by atoms with van der Waals surface area (Å²) < 4.78 is 5.90. The Balaban J connectivity index is 1.42. The molecule has 152 valence electrons. The molecule has 4 aliphatic carbocycles. The molecule has 4 fully saturated rings. The fourth-order valence-electron chi connectivity index (χ4n) is 6.40. The zero-order valence-corrected chi connectivity index (χ0v) is 16.8. The van der Waals surface area contributed by atoms with Crippen LogP contribution in [0.15, 0.2) is 30.3 Å². The number of carbonyl (C=O) groups is 2. The fraction of sp³-hybridized carbons (Fsp3) is 0.652. The molecule has 4 bridgehead atoms. The summed E-state index contributed by atoms with van der Waals surface area (Å²) in [5, 5.41) is 14.1. The van der Waals surface area contributed by atoms with Gasteiger partial charge in [0.2, 0.25) is 0 Å². The van der Waals surface area contributed by atoms with Crippen LogP contribution >= 0.6 is 0 Å². The largest absolute Gasteiger partial charge is 0.548 e. The Morgan fingerprint density at radius 1 is 1.11 bits per heavy atom. The van der Waals surface area contributed by atoms with Gasteiger partial charge in [-0.1, -0.05) is 30.3 Å². The molecule has 0 aromatic heterocycles. The number of amides is 1. The fourth-order valence-corrected chi connectivity index (χ4v) is 6.40. The van der Waals surface area contributed by atoms with Crippen LogP contribution in [-0.2, 0) is 16.0 Å². The monoisotopic (exact) mass is 384 g/mol. The van der Waals surface area contributed by atoms with E-state index in [0.29, 0.717) is 0 Å². The number of aliphatic carboxylic acids is 1. The predicted molar refractivity (Wildman–Crippen MR) is 103 cm³/mol. The molecule has 1 amide bonds. The van der Waals surface area contributed by atoms with Gasteiger partial charge in [0, 0.05) is 5.41 Å². The molecular weight excluding hydrogens is 354 g/mol. The van der Waals surface area contributed by atoms with Gasteiger partial charge in [0.25, 0.3) is 0 Å². The average Bonchev–Trinajstić information content (AvgIpc) is 2.60. The second-order valence-electron chi connectivity index (χ2n) is 9.80. The number of hydrogen-bond donors (Lipinski definition) is 1. The molecule has 4 saturated carbocycles. The summed E-state index contributed by atoms with van der Waals surface area (Å²) in [5.41, 5.74) is 0.239. The summed E-state index contributed by atoms with van der Waals surface area (Å²) in [6.45, 7) is 4.01. The van der Waals surface area contributed by atoms with Gasteiger partial charge in [-0.2, -0.15) is 0 Å². The Kier molecular flexibility index (Phi) is 4.88. The molecule has 0 saturated heterocycles. The van der Waals surface area contributed by atoms with E-state index in [1.165, 1.54) is 19.3 Å². The lowest BCUT2D eigenvalue weighted by atomic mass is 9.46. The smallest absolute Gasteiger partial charge is 0.408 e. The highest BCUT2D eigenvalue weighted by atomic mass is 16.6. The number of ether oxygens (including phenoxy) is 1. The van der Waals surface area contributed by atoms with E-state index in [0.717, 1.165) is 42.6 Å². The lowest BCUT2D eigenvalue weighted by molar-refractivity contribution is -0.308. The first kappa shape index (κ1) is 19.3. The second-order valence-corrected chi connectivity index (χ2v) is 9.80. The maximum atomic E-state index is 12.6. The molecule has 1 aromatic rings. The van der Waals surface area contributed by atoms with Crippen LogP contribution in [0.4, 0.5) is 4.79 Å². The van der Waals surface area contributed by atoms with Crippen molar-refractivity contribution in [1.82, 2.24) is 5.32 Å². The molecule has 1 atom stereocenters. The van der Waals surface area contributed by atoms with E-state index in [4.69, 9.17) is 4.74 Å². The normalized spacial score (nSPS) is 32.0. The number of benzene rings is 1. The van der Waals surface area contributed by atoms with Crippen molar-refractivity contribution < 1.29 is 19.4 Å². The highest BCUT2D eigenvalue weighted by molar-refractivity contribution is 5.79. The van der Waals surface area contributed by atoms with Gasteiger partial charge in [-0.15, -0.1) is 0 Å². The quantitative estimate of drug-likeness (QED) is 0.818. The SMILES string of the molecule is CC(C)(OC(=O)NC(Cc1ccccc1)C(=O)[O-])C12CC3CC(CC(C3)C1)C2. The molecule has 0 spiro atoms. The minimum atomic E-state index is -1.30. The number of nitrogens with one attached hydrogen (secondary N) is 1. The van der Waals surface area contributed by atoms with Gasteiger partial charge < -0.3 is 20.0 Å². The number of rotatable bonds is 6. The standard InChI is InChI=1S/C23H31NO4/c1-22(2,23-12-16-8-17(13-23)10-18(9-16)14-23)28-21(27)24-19(20(25)26)11-15-6-4-3-5-7-15/h3-7,16-19H,8-14H2,1-2H3,(H,24,27)(H,25,26)/p-1. The Bertz CT molecular complexity index is 707. The zero-order valence-electron chi connectivity index (χ0n) is 16.8. The maximum absolute atomic E-state index is 12.6. The summed E-state index contributed by atoms with van der Waals surface area (Å²) in [7, 11) is 0. The van der Waals surface area contributed by atoms with Gasteiger partial charge in [0.1, 0.15) is 5.60 Å². The third kappa shape index (κ3) is 3.63. The van der Waals surface area contributed by atoms with Crippen LogP contribution in [0.1, 0.15) is 57.9 Å². The minimum Gasteiger partial charge on any atom is -0.548 e. The van der Waals surface area contributed by atoms with Crippen LogP contribution < -0.4 is 10.4 Å². The molecular formula is C23H30NO4-. The highest BCUT2D eigenvalue weighted by Gasteiger charge is 2.58. The molecule has 5 heteroatoms. The van der Waals surface area contributed by atoms with E-state index >= 15 is 0 Å². The summed E-state index contributed by atoms with van der Waals surface area (Å²) in [6, 6.07) is 8.12. The van der Waals surface area contributed by atoms with Crippen LogP contribution in [0.5, 0.6) is 0 Å². The van der Waals surface area contributed by atoms with Crippen molar-refractivity contribution in [2.75, 3.05) is 0 Å². The van der Waals surface area contributed by atoms with E-state index in [-0.39, 0.29) is 11.8 Å². The summed E-state index contributed by atoms with van der Waals surface area (Å²) in [4.78, 5) is 24.2. The van der Waals surface area contributed by atoms with Crippen molar-refractivity contribution in [3.05, 3.63) is 35.9 Å². The minimum absolute atomic E-state index is 0.0233. The van der Waals surface area contributed by atoms with Crippen LogP contribution in [-0.4, -0.2) is 23.7 Å². The van der Waals surface area contributed by atoms with Gasteiger partial charge in [0.05, 0.1) is 12.0 Å². The summed E-state index contributed by atoms with van der Waals surface area (Å²) in [5.74, 6) is 0.970. The molecule has 4 aliphatic rings. The van der Waals surface area contributed by atoms with E-state index in [2.05, 4.69) is 5.32 Å². The van der Waals surface area contributed by atoms with E-state index in [1.54, 1.807) is 0 Å². The number of hydrogen-bond acceptors (Lipinski definition) is 4. The molecule has 28 heavy (non-hydrogen) atoms. The Morgan fingerprint density at radius 2 is 1.64 bits per heavy atom. The Hall–Kier alpha value is -2.04. The van der Waals surface area contributed by atoms with E-state index in [1.807, 2.05) is 44.2 Å².